The highest BCUT2D eigenvalue weighted by Gasteiger charge is 2.23. The molecule has 0 aliphatic rings. The van der Waals surface area contributed by atoms with Crippen molar-refractivity contribution in [3.63, 3.8) is 0 Å². The minimum Gasteiger partial charge on any atom is -0.496 e. The van der Waals surface area contributed by atoms with Crippen LogP contribution in [0.5, 0.6) is 5.75 Å². The number of hydrogen-bond acceptors (Lipinski definition) is 3. The van der Waals surface area contributed by atoms with Crippen LogP contribution in [0, 0.1) is 0 Å². The smallest absolute Gasteiger partial charge is 0.264 e. The number of rotatable bonds is 5. The number of hydrogen-bond donors (Lipinski definition) is 1. The number of benzene rings is 2. The second-order valence-electron chi connectivity index (χ2n) is 5.25. The minimum absolute atomic E-state index is 0.208. The van der Waals surface area contributed by atoms with Crippen molar-refractivity contribution >= 4 is 15.7 Å². The summed E-state index contributed by atoms with van der Waals surface area (Å²) in [6.45, 7) is 0. The van der Waals surface area contributed by atoms with E-state index in [9.17, 15) is 8.42 Å². The lowest BCUT2D eigenvalue weighted by molar-refractivity contribution is 0.416. The van der Waals surface area contributed by atoms with Gasteiger partial charge in [-0.3, -0.25) is 4.31 Å². The van der Waals surface area contributed by atoms with E-state index in [-0.39, 0.29) is 4.90 Å². The molecule has 2 aromatic carbocycles. The first-order chi connectivity index (χ1) is 11.5. The molecule has 3 rings (SSSR count). The Bertz CT molecular complexity index is 920. The van der Waals surface area contributed by atoms with E-state index in [1.807, 2.05) is 18.2 Å². The van der Waals surface area contributed by atoms with Crippen LogP contribution in [-0.2, 0) is 10.0 Å². The molecule has 0 saturated carbocycles. The third-order valence-electron chi connectivity index (χ3n) is 3.84. The molecule has 6 heteroatoms. The monoisotopic (exact) mass is 342 g/mol. The quantitative estimate of drug-likeness (QED) is 0.772. The first kappa shape index (κ1) is 16.1. The van der Waals surface area contributed by atoms with E-state index < -0.39 is 10.0 Å². The van der Waals surface area contributed by atoms with Crippen LogP contribution in [0.2, 0.25) is 0 Å². The summed E-state index contributed by atoms with van der Waals surface area (Å²) in [7, 11) is -0.560. The van der Waals surface area contributed by atoms with Crippen molar-refractivity contribution in [2.24, 2.45) is 0 Å². The Kier molecular flexibility index (Phi) is 4.31. The third-order valence-corrected chi connectivity index (χ3v) is 5.62. The van der Waals surface area contributed by atoms with Crippen molar-refractivity contribution in [3.8, 4) is 17.0 Å². The number of methoxy groups -OCH3 is 1. The number of nitrogens with one attached hydrogen (secondary N) is 1. The van der Waals surface area contributed by atoms with Gasteiger partial charge in [0.2, 0.25) is 0 Å². The molecular formula is C18H18N2O3S. The molecule has 0 atom stereocenters. The largest absolute Gasteiger partial charge is 0.496 e. The molecule has 0 spiro atoms. The molecule has 1 N–H and O–H groups in total. The van der Waals surface area contributed by atoms with Gasteiger partial charge in [0.05, 0.1) is 17.7 Å². The molecule has 24 heavy (non-hydrogen) atoms. The zero-order valence-electron chi connectivity index (χ0n) is 13.4. The molecule has 0 aliphatic carbocycles. The number of H-pyrrole nitrogens is 1. The summed E-state index contributed by atoms with van der Waals surface area (Å²) < 4.78 is 32.5. The summed E-state index contributed by atoms with van der Waals surface area (Å²) in [6.07, 6.45) is 1.78. The molecule has 0 fully saturated rings. The fraction of sp³-hybridized carbons (Fsp3) is 0.111. The lowest BCUT2D eigenvalue weighted by Crippen LogP contribution is -2.26. The SMILES string of the molecule is COc1ccc(S(=O)(=O)N(C)c2ccccc2)cc1-c1ccc[nH]1. The number of para-hydroxylation sites is 1. The van der Waals surface area contributed by atoms with E-state index in [1.54, 1.807) is 62.8 Å². The third kappa shape index (κ3) is 2.88. The van der Waals surface area contributed by atoms with Gasteiger partial charge in [-0.25, -0.2) is 8.42 Å². The van der Waals surface area contributed by atoms with Gasteiger partial charge in [0, 0.05) is 24.5 Å². The molecule has 3 aromatic rings. The van der Waals surface area contributed by atoms with Crippen LogP contribution in [0.3, 0.4) is 0 Å². The summed E-state index contributed by atoms with van der Waals surface area (Å²) in [4.78, 5) is 3.29. The predicted molar refractivity (Wildman–Crippen MR) is 94.8 cm³/mol. The van der Waals surface area contributed by atoms with Gasteiger partial charge in [-0.05, 0) is 42.5 Å². The molecule has 0 saturated heterocycles. The number of sulfonamides is 1. The van der Waals surface area contributed by atoms with E-state index in [0.29, 0.717) is 17.0 Å². The molecule has 1 aromatic heterocycles. The van der Waals surface area contributed by atoms with E-state index in [4.69, 9.17) is 4.74 Å². The van der Waals surface area contributed by atoms with Gasteiger partial charge in [0.25, 0.3) is 10.0 Å². The van der Waals surface area contributed by atoms with Crippen LogP contribution in [0.4, 0.5) is 5.69 Å². The maximum atomic E-state index is 12.9. The van der Waals surface area contributed by atoms with Gasteiger partial charge in [-0.15, -0.1) is 0 Å². The minimum atomic E-state index is -3.67. The summed E-state index contributed by atoms with van der Waals surface area (Å²) >= 11 is 0. The van der Waals surface area contributed by atoms with Gasteiger partial charge in [-0.2, -0.15) is 0 Å². The Balaban J connectivity index is 2.07. The zero-order valence-corrected chi connectivity index (χ0v) is 14.2. The van der Waals surface area contributed by atoms with Gasteiger partial charge in [0.15, 0.2) is 0 Å². The Hall–Kier alpha value is -2.73. The summed E-state index contributed by atoms with van der Waals surface area (Å²) in [6, 6.07) is 17.5. The van der Waals surface area contributed by atoms with Crippen LogP contribution < -0.4 is 9.04 Å². The lowest BCUT2D eigenvalue weighted by Gasteiger charge is -2.20. The Morgan fingerprint density at radius 2 is 1.75 bits per heavy atom. The Labute approximate surface area is 141 Å². The molecule has 0 bridgehead atoms. The van der Waals surface area contributed by atoms with Gasteiger partial charge in [0.1, 0.15) is 5.75 Å². The number of aromatic amines is 1. The molecule has 0 radical (unpaired) electrons. The summed E-state index contributed by atoms with van der Waals surface area (Å²) in [5, 5.41) is 0. The van der Waals surface area contributed by atoms with E-state index in [2.05, 4.69) is 4.98 Å². The zero-order chi connectivity index (χ0) is 17.2. The van der Waals surface area contributed by atoms with Crippen molar-refractivity contribution in [3.05, 3.63) is 66.9 Å². The average Bonchev–Trinajstić information content (AvgIpc) is 3.15. The van der Waals surface area contributed by atoms with E-state index in [0.717, 1.165) is 5.69 Å². The Morgan fingerprint density at radius 1 is 1.00 bits per heavy atom. The van der Waals surface area contributed by atoms with Crippen molar-refractivity contribution in [1.82, 2.24) is 4.98 Å². The molecule has 0 aliphatic heterocycles. The van der Waals surface area contributed by atoms with E-state index in [1.165, 1.54) is 4.31 Å². The van der Waals surface area contributed by atoms with Crippen molar-refractivity contribution in [1.29, 1.82) is 0 Å². The molecule has 124 valence electrons. The van der Waals surface area contributed by atoms with Crippen LogP contribution in [0.15, 0.2) is 71.8 Å². The van der Waals surface area contributed by atoms with Crippen LogP contribution >= 0.6 is 0 Å². The maximum absolute atomic E-state index is 12.9. The second-order valence-corrected chi connectivity index (χ2v) is 7.22. The summed E-state index contributed by atoms with van der Waals surface area (Å²) in [5.41, 5.74) is 2.10. The van der Waals surface area contributed by atoms with Crippen molar-refractivity contribution in [2.75, 3.05) is 18.5 Å². The standard InChI is InChI=1S/C18H18N2O3S/c1-20(14-7-4-3-5-8-14)24(21,22)15-10-11-18(23-2)16(13-15)17-9-6-12-19-17/h3-13,19H,1-2H3. The van der Waals surface area contributed by atoms with Crippen molar-refractivity contribution in [2.45, 2.75) is 4.90 Å². The number of nitrogens with zero attached hydrogens (tertiary/aromatic N) is 1. The van der Waals surface area contributed by atoms with Gasteiger partial charge in [-0.1, -0.05) is 18.2 Å². The average molecular weight is 342 g/mol. The first-order valence-electron chi connectivity index (χ1n) is 7.40. The second kappa shape index (κ2) is 6.41. The number of ether oxygens (including phenoxy) is 1. The fourth-order valence-electron chi connectivity index (χ4n) is 2.49. The topological polar surface area (TPSA) is 62.4 Å². The van der Waals surface area contributed by atoms with E-state index >= 15 is 0 Å². The lowest BCUT2D eigenvalue weighted by atomic mass is 10.1. The molecular weight excluding hydrogens is 324 g/mol. The highest BCUT2D eigenvalue weighted by Crippen LogP contribution is 2.32. The van der Waals surface area contributed by atoms with Gasteiger partial charge >= 0.3 is 0 Å². The molecule has 1 heterocycles. The van der Waals surface area contributed by atoms with Crippen LogP contribution in [-0.4, -0.2) is 27.6 Å². The molecule has 5 nitrogen and oxygen atoms in total. The number of anilines is 1. The number of aromatic nitrogens is 1. The fourth-order valence-corrected chi connectivity index (χ4v) is 3.71. The normalized spacial score (nSPS) is 11.2. The molecule has 0 unspecified atom stereocenters. The predicted octanol–water partition coefficient (Wildman–Crippen LogP) is 3.52. The highest BCUT2D eigenvalue weighted by atomic mass is 32.2. The Morgan fingerprint density at radius 3 is 2.38 bits per heavy atom. The molecule has 0 amide bonds. The highest BCUT2D eigenvalue weighted by molar-refractivity contribution is 7.92. The maximum Gasteiger partial charge on any atom is 0.264 e. The van der Waals surface area contributed by atoms with Crippen molar-refractivity contribution < 1.29 is 13.2 Å². The van der Waals surface area contributed by atoms with Crippen LogP contribution in [0.25, 0.3) is 11.3 Å². The van der Waals surface area contributed by atoms with Crippen LogP contribution in [0.1, 0.15) is 0 Å². The summed E-state index contributed by atoms with van der Waals surface area (Å²) in [5.74, 6) is 0.610. The van der Waals surface area contributed by atoms with Gasteiger partial charge < -0.3 is 9.72 Å². The first-order valence-corrected chi connectivity index (χ1v) is 8.84.